The van der Waals surface area contributed by atoms with E-state index in [-0.39, 0.29) is 0 Å². The smallest absolute Gasteiger partial charge is 0.118 e. The zero-order valence-corrected chi connectivity index (χ0v) is 9.30. The molecule has 1 aromatic rings. The SMILES string of the molecule is Cc1ccccc1O.NC(CO)(CO)CO. The summed E-state index contributed by atoms with van der Waals surface area (Å²) < 4.78 is 0. The summed E-state index contributed by atoms with van der Waals surface area (Å²) in [4.78, 5) is 0. The van der Waals surface area contributed by atoms with E-state index in [0.717, 1.165) is 5.56 Å². The van der Waals surface area contributed by atoms with Gasteiger partial charge >= 0.3 is 0 Å². The summed E-state index contributed by atoms with van der Waals surface area (Å²) in [6, 6.07) is 7.25. The summed E-state index contributed by atoms with van der Waals surface area (Å²) in [6.07, 6.45) is 0. The van der Waals surface area contributed by atoms with Crippen LogP contribution < -0.4 is 5.73 Å². The van der Waals surface area contributed by atoms with Crippen LogP contribution in [0.4, 0.5) is 0 Å². The third-order valence-electron chi connectivity index (χ3n) is 2.06. The van der Waals surface area contributed by atoms with Crippen LogP contribution in [0.15, 0.2) is 24.3 Å². The highest BCUT2D eigenvalue weighted by molar-refractivity contribution is 5.29. The molecule has 0 spiro atoms. The molecule has 92 valence electrons. The Labute approximate surface area is 94.8 Å². The molecule has 0 saturated heterocycles. The minimum Gasteiger partial charge on any atom is -0.508 e. The summed E-state index contributed by atoms with van der Waals surface area (Å²) >= 11 is 0. The van der Waals surface area contributed by atoms with Gasteiger partial charge in [0.15, 0.2) is 0 Å². The van der Waals surface area contributed by atoms with Gasteiger partial charge in [-0.15, -0.1) is 0 Å². The lowest BCUT2D eigenvalue weighted by Crippen LogP contribution is -2.50. The molecular weight excluding hydrogens is 210 g/mol. The van der Waals surface area contributed by atoms with Crippen molar-refractivity contribution in [2.45, 2.75) is 12.5 Å². The second kappa shape index (κ2) is 7.19. The Balaban J connectivity index is 0.000000281. The summed E-state index contributed by atoms with van der Waals surface area (Å²) in [5.41, 5.74) is 4.86. The maximum atomic E-state index is 8.92. The Morgan fingerprint density at radius 1 is 1.06 bits per heavy atom. The monoisotopic (exact) mass is 229 g/mol. The van der Waals surface area contributed by atoms with E-state index < -0.39 is 25.4 Å². The minimum absolute atomic E-state index is 0.368. The number of hydrogen-bond donors (Lipinski definition) is 5. The molecule has 0 radical (unpaired) electrons. The van der Waals surface area contributed by atoms with E-state index in [1.165, 1.54) is 0 Å². The lowest BCUT2D eigenvalue weighted by Gasteiger charge is -2.20. The second-order valence-corrected chi connectivity index (χ2v) is 3.62. The van der Waals surface area contributed by atoms with Crippen molar-refractivity contribution < 1.29 is 20.4 Å². The van der Waals surface area contributed by atoms with Crippen LogP contribution >= 0.6 is 0 Å². The molecule has 1 aromatic carbocycles. The Morgan fingerprint density at radius 2 is 1.50 bits per heavy atom. The first-order valence-electron chi connectivity index (χ1n) is 4.85. The van der Waals surface area contributed by atoms with Crippen molar-refractivity contribution in [2.24, 2.45) is 5.73 Å². The van der Waals surface area contributed by atoms with Gasteiger partial charge in [0.25, 0.3) is 0 Å². The minimum atomic E-state index is -1.21. The number of para-hydroxylation sites is 1. The molecule has 0 amide bonds. The van der Waals surface area contributed by atoms with Crippen molar-refractivity contribution in [3.8, 4) is 5.75 Å². The number of phenols is 1. The molecule has 0 unspecified atom stereocenters. The molecule has 6 N–H and O–H groups in total. The van der Waals surface area contributed by atoms with Crippen LogP contribution in [0.1, 0.15) is 5.56 Å². The fourth-order valence-electron chi connectivity index (χ4n) is 0.713. The first-order chi connectivity index (χ1) is 7.49. The van der Waals surface area contributed by atoms with Crippen LogP contribution in [0.2, 0.25) is 0 Å². The summed E-state index contributed by atoms with van der Waals surface area (Å²) in [5.74, 6) is 0.368. The Hall–Kier alpha value is -1.14. The summed E-state index contributed by atoms with van der Waals surface area (Å²) in [6.45, 7) is 0.662. The van der Waals surface area contributed by atoms with Gasteiger partial charge in [-0.3, -0.25) is 0 Å². The average molecular weight is 229 g/mol. The molecule has 0 heterocycles. The highest BCUT2D eigenvalue weighted by Gasteiger charge is 2.20. The zero-order valence-electron chi connectivity index (χ0n) is 9.30. The Bertz CT molecular complexity index is 271. The molecule has 0 aromatic heterocycles. The molecule has 0 bridgehead atoms. The van der Waals surface area contributed by atoms with Gasteiger partial charge in [-0.25, -0.2) is 0 Å². The number of aliphatic hydroxyl groups excluding tert-OH is 3. The number of aryl methyl sites for hydroxylation is 1. The van der Waals surface area contributed by atoms with Gasteiger partial charge in [0, 0.05) is 0 Å². The topological polar surface area (TPSA) is 107 Å². The van der Waals surface area contributed by atoms with E-state index in [0.29, 0.717) is 5.75 Å². The number of nitrogens with two attached hydrogens (primary N) is 1. The van der Waals surface area contributed by atoms with Crippen molar-refractivity contribution in [2.75, 3.05) is 19.8 Å². The highest BCUT2D eigenvalue weighted by atomic mass is 16.3. The van der Waals surface area contributed by atoms with Crippen molar-refractivity contribution in [1.82, 2.24) is 0 Å². The first kappa shape index (κ1) is 14.9. The molecule has 0 atom stereocenters. The number of hydrogen-bond acceptors (Lipinski definition) is 5. The van der Waals surface area contributed by atoms with Gasteiger partial charge in [-0.05, 0) is 18.6 Å². The van der Waals surface area contributed by atoms with Gasteiger partial charge in [0.2, 0.25) is 0 Å². The van der Waals surface area contributed by atoms with Crippen LogP contribution in [-0.2, 0) is 0 Å². The quantitative estimate of drug-likeness (QED) is 0.474. The molecule has 16 heavy (non-hydrogen) atoms. The van der Waals surface area contributed by atoms with Crippen LogP contribution in [-0.4, -0.2) is 45.8 Å². The normalized spacial score (nSPS) is 10.6. The first-order valence-corrected chi connectivity index (χ1v) is 4.85. The van der Waals surface area contributed by atoms with Gasteiger partial charge in [0.05, 0.1) is 25.4 Å². The van der Waals surface area contributed by atoms with Crippen molar-refractivity contribution >= 4 is 0 Å². The number of phenolic OH excluding ortho intramolecular Hbond substituents is 1. The van der Waals surface area contributed by atoms with Gasteiger partial charge in [-0.1, -0.05) is 18.2 Å². The number of benzene rings is 1. The van der Waals surface area contributed by atoms with E-state index in [2.05, 4.69) is 0 Å². The van der Waals surface area contributed by atoms with E-state index >= 15 is 0 Å². The zero-order chi connectivity index (χ0) is 12.6. The summed E-state index contributed by atoms with van der Waals surface area (Å²) in [7, 11) is 0. The fourth-order valence-corrected chi connectivity index (χ4v) is 0.713. The third kappa shape index (κ3) is 5.09. The maximum absolute atomic E-state index is 8.92. The highest BCUT2D eigenvalue weighted by Crippen LogP contribution is 2.12. The van der Waals surface area contributed by atoms with Crippen molar-refractivity contribution in [1.29, 1.82) is 0 Å². The van der Waals surface area contributed by atoms with Crippen molar-refractivity contribution in [3.63, 3.8) is 0 Å². The van der Waals surface area contributed by atoms with E-state index in [4.69, 9.17) is 26.2 Å². The maximum Gasteiger partial charge on any atom is 0.118 e. The van der Waals surface area contributed by atoms with Gasteiger partial charge in [0.1, 0.15) is 5.75 Å². The second-order valence-electron chi connectivity index (χ2n) is 3.62. The van der Waals surface area contributed by atoms with E-state index in [9.17, 15) is 0 Å². The lowest BCUT2D eigenvalue weighted by molar-refractivity contribution is 0.0698. The molecule has 0 aliphatic carbocycles. The molecule has 5 nitrogen and oxygen atoms in total. The number of aromatic hydroxyl groups is 1. The molecule has 0 saturated carbocycles. The van der Waals surface area contributed by atoms with Gasteiger partial charge < -0.3 is 26.2 Å². The van der Waals surface area contributed by atoms with E-state index in [1.54, 1.807) is 6.07 Å². The average Bonchev–Trinajstić information content (AvgIpc) is 2.33. The van der Waals surface area contributed by atoms with Crippen LogP contribution in [0.25, 0.3) is 0 Å². The molecule has 0 aliphatic rings. The predicted molar refractivity (Wildman–Crippen MR) is 61.0 cm³/mol. The molecule has 0 aliphatic heterocycles. The Kier molecular flexibility index (Phi) is 6.67. The standard InChI is InChI=1S/C7H8O.C4H11NO3/c1-6-4-2-3-5-7(6)8;5-4(1-6,2-7)3-8/h2-5,8H,1H3;6-8H,1-3,5H2. The molecule has 5 heteroatoms. The molecule has 0 fully saturated rings. The molecule has 1 rings (SSSR count). The lowest BCUT2D eigenvalue weighted by atomic mass is 10.1. The Morgan fingerprint density at radius 3 is 1.69 bits per heavy atom. The molecular formula is C11H19NO4. The fraction of sp³-hybridized carbons (Fsp3) is 0.455. The van der Waals surface area contributed by atoms with Crippen LogP contribution in [0, 0.1) is 6.92 Å². The number of rotatable bonds is 3. The van der Waals surface area contributed by atoms with E-state index in [1.807, 2.05) is 25.1 Å². The van der Waals surface area contributed by atoms with Crippen LogP contribution in [0.3, 0.4) is 0 Å². The predicted octanol–water partition coefficient (Wildman–Crippen LogP) is -0.639. The largest absolute Gasteiger partial charge is 0.508 e. The van der Waals surface area contributed by atoms with Gasteiger partial charge in [-0.2, -0.15) is 0 Å². The van der Waals surface area contributed by atoms with Crippen LogP contribution in [0.5, 0.6) is 5.75 Å². The van der Waals surface area contributed by atoms with Crippen molar-refractivity contribution in [3.05, 3.63) is 29.8 Å². The number of aliphatic hydroxyl groups is 3. The third-order valence-corrected chi connectivity index (χ3v) is 2.06. The summed E-state index contributed by atoms with van der Waals surface area (Å²) in [5, 5.41) is 33.9.